The summed E-state index contributed by atoms with van der Waals surface area (Å²) in [6.07, 6.45) is 6.66. The molecule has 8 nitrogen and oxygen atoms in total. The number of ether oxygens (including phenoxy) is 1. The number of hydrogen-bond acceptors (Lipinski definition) is 8. The Hall–Kier alpha value is -2.59. The van der Waals surface area contributed by atoms with Gasteiger partial charge in [0.25, 0.3) is 0 Å². The second kappa shape index (κ2) is 9.34. The topological polar surface area (TPSA) is 99.2 Å². The van der Waals surface area contributed by atoms with Gasteiger partial charge in [0.15, 0.2) is 5.16 Å². The van der Waals surface area contributed by atoms with Crippen LogP contribution in [0.4, 0.5) is 5.00 Å². The van der Waals surface area contributed by atoms with Crippen molar-refractivity contribution in [2.75, 3.05) is 18.2 Å². The first-order valence-electron chi connectivity index (χ1n) is 11.1. The van der Waals surface area contributed by atoms with Crippen LogP contribution in [0.1, 0.15) is 64.5 Å². The number of furan rings is 1. The molecule has 1 fully saturated rings. The van der Waals surface area contributed by atoms with Gasteiger partial charge >= 0.3 is 5.97 Å². The molecular formula is C23H26N4O4S2. The number of nitrogens with one attached hydrogen (secondary N) is 1. The van der Waals surface area contributed by atoms with Gasteiger partial charge in [-0.25, -0.2) is 4.79 Å². The van der Waals surface area contributed by atoms with E-state index in [-0.39, 0.29) is 11.7 Å². The number of methoxy groups -OCH3 is 1. The number of hydrogen-bond donors (Lipinski definition) is 1. The third-order valence-electron chi connectivity index (χ3n) is 6.07. The lowest BCUT2D eigenvalue weighted by Crippen LogP contribution is -2.17. The first-order chi connectivity index (χ1) is 16.0. The van der Waals surface area contributed by atoms with E-state index in [4.69, 9.17) is 9.15 Å². The number of amides is 1. The third kappa shape index (κ3) is 4.72. The quantitative estimate of drug-likeness (QED) is 0.370. The van der Waals surface area contributed by atoms with E-state index in [9.17, 15) is 9.59 Å². The zero-order chi connectivity index (χ0) is 22.9. The average molecular weight is 487 g/mol. The van der Waals surface area contributed by atoms with Crippen molar-refractivity contribution in [1.29, 1.82) is 0 Å². The number of thiophene rings is 1. The molecule has 0 radical (unpaired) electrons. The summed E-state index contributed by atoms with van der Waals surface area (Å²) in [6, 6.07) is 3.78. The molecule has 3 aromatic heterocycles. The van der Waals surface area contributed by atoms with Crippen LogP contribution in [0.5, 0.6) is 0 Å². The van der Waals surface area contributed by atoms with Gasteiger partial charge in [0.2, 0.25) is 5.91 Å². The molecule has 2 aliphatic carbocycles. The van der Waals surface area contributed by atoms with Gasteiger partial charge in [-0.1, -0.05) is 18.7 Å². The Kier molecular flexibility index (Phi) is 6.29. The normalized spacial score (nSPS) is 17.6. The number of thioether (sulfide) groups is 1. The van der Waals surface area contributed by atoms with E-state index < -0.39 is 5.97 Å². The van der Waals surface area contributed by atoms with E-state index in [1.807, 2.05) is 16.7 Å². The van der Waals surface area contributed by atoms with Crippen LogP contribution in [0.3, 0.4) is 0 Å². The third-order valence-corrected chi connectivity index (χ3v) is 8.21. The summed E-state index contributed by atoms with van der Waals surface area (Å²) in [7, 11) is 1.38. The van der Waals surface area contributed by atoms with Crippen molar-refractivity contribution in [1.82, 2.24) is 14.8 Å². The van der Waals surface area contributed by atoms with Gasteiger partial charge in [0.05, 0.1) is 31.2 Å². The predicted molar refractivity (Wildman–Crippen MR) is 126 cm³/mol. The summed E-state index contributed by atoms with van der Waals surface area (Å²) >= 11 is 2.84. The van der Waals surface area contributed by atoms with Gasteiger partial charge < -0.3 is 14.5 Å². The van der Waals surface area contributed by atoms with Crippen LogP contribution in [-0.4, -0.2) is 39.5 Å². The monoisotopic (exact) mass is 486 g/mol. The Morgan fingerprint density at radius 3 is 2.91 bits per heavy atom. The van der Waals surface area contributed by atoms with Crippen molar-refractivity contribution < 1.29 is 18.7 Å². The van der Waals surface area contributed by atoms with Crippen molar-refractivity contribution in [3.05, 3.63) is 46.0 Å². The summed E-state index contributed by atoms with van der Waals surface area (Å²) in [5.41, 5.74) is 1.54. The average Bonchev–Trinajstić information content (AvgIpc) is 3.20. The molecule has 1 atom stereocenters. The molecule has 3 aromatic rings. The minimum atomic E-state index is -0.391. The Morgan fingerprint density at radius 2 is 2.18 bits per heavy atom. The van der Waals surface area contributed by atoms with Crippen LogP contribution in [0.25, 0.3) is 0 Å². The van der Waals surface area contributed by atoms with E-state index in [1.54, 1.807) is 6.26 Å². The first-order valence-corrected chi connectivity index (χ1v) is 12.9. The van der Waals surface area contributed by atoms with Crippen molar-refractivity contribution in [2.45, 2.75) is 56.6 Å². The lowest BCUT2D eigenvalue weighted by atomic mass is 9.88. The Bertz CT molecular complexity index is 1160. The SMILES string of the molecule is COC(=O)c1c(NC(=O)CSc2nnc(C3CC3)n2Cc2ccco2)sc2c1CCC(C)C2. The molecule has 0 aromatic carbocycles. The molecule has 0 spiro atoms. The minimum absolute atomic E-state index is 0.167. The Balaban J connectivity index is 1.30. The number of nitrogens with zero attached hydrogens (tertiary/aromatic N) is 3. The number of fused-ring (bicyclic) bond motifs is 1. The first kappa shape index (κ1) is 22.2. The van der Waals surface area contributed by atoms with E-state index >= 15 is 0 Å². The molecule has 5 rings (SSSR count). The van der Waals surface area contributed by atoms with Crippen LogP contribution in [0.15, 0.2) is 28.0 Å². The Labute approximate surface area is 200 Å². The molecule has 0 saturated heterocycles. The van der Waals surface area contributed by atoms with E-state index in [0.717, 1.165) is 49.3 Å². The minimum Gasteiger partial charge on any atom is -0.467 e. The van der Waals surface area contributed by atoms with Gasteiger partial charge in [-0.15, -0.1) is 21.5 Å². The maximum absolute atomic E-state index is 12.9. The maximum atomic E-state index is 12.9. The molecule has 3 heterocycles. The number of carbonyl (C=O) groups is 2. The fraction of sp³-hybridized carbons (Fsp3) is 0.478. The molecule has 0 bridgehead atoms. The molecule has 1 N–H and O–H groups in total. The molecule has 33 heavy (non-hydrogen) atoms. The number of anilines is 1. The summed E-state index contributed by atoms with van der Waals surface area (Å²) in [4.78, 5) is 26.5. The molecule has 174 valence electrons. The predicted octanol–water partition coefficient (Wildman–Crippen LogP) is 4.50. The van der Waals surface area contributed by atoms with Crippen LogP contribution in [-0.2, 0) is 28.9 Å². The summed E-state index contributed by atoms with van der Waals surface area (Å²) < 4.78 is 12.6. The lowest BCUT2D eigenvalue weighted by Gasteiger charge is -2.18. The number of rotatable bonds is 8. The van der Waals surface area contributed by atoms with Crippen LogP contribution < -0.4 is 5.32 Å². The number of aromatic nitrogens is 3. The highest BCUT2D eigenvalue weighted by molar-refractivity contribution is 7.99. The fourth-order valence-electron chi connectivity index (χ4n) is 4.21. The molecule has 1 amide bonds. The van der Waals surface area contributed by atoms with E-state index in [2.05, 4.69) is 22.4 Å². The van der Waals surface area contributed by atoms with Gasteiger partial charge in [0.1, 0.15) is 16.6 Å². The van der Waals surface area contributed by atoms with Crippen molar-refractivity contribution >= 4 is 40.0 Å². The molecule has 10 heteroatoms. The van der Waals surface area contributed by atoms with Crippen molar-refractivity contribution in [2.24, 2.45) is 5.92 Å². The van der Waals surface area contributed by atoms with Gasteiger partial charge in [-0.3, -0.25) is 9.36 Å². The number of carbonyl (C=O) groups excluding carboxylic acids is 2. The second-order valence-corrected chi connectivity index (χ2v) is 10.7. The van der Waals surface area contributed by atoms with Crippen LogP contribution in [0.2, 0.25) is 0 Å². The molecule has 1 unspecified atom stereocenters. The highest BCUT2D eigenvalue weighted by Crippen LogP contribution is 2.41. The standard InChI is InChI=1S/C23H26N4O4S2/c1-13-5-8-16-17(10-13)33-21(19(16)22(29)30-2)24-18(28)12-32-23-26-25-20(14-6-7-14)27(23)11-15-4-3-9-31-15/h3-4,9,13-14H,5-8,10-12H2,1-2H3,(H,24,28). The maximum Gasteiger partial charge on any atom is 0.341 e. The summed E-state index contributed by atoms with van der Waals surface area (Å²) in [5, 5.41) is 13.0. The zero-order valence-electron chi connectivity index (χ0n) is 18.6. The molecular weight excluding hydrogens is 460 g/mol. The van der Waals surface area contributed by atoms with Crippen LogP contribution in [0, 0.1) is 5.92 Å². The lowest BCUT2D eigenvalue weighted by molar-refractivity contribution is -0.113. The van der Waals surface area contributed by atoms with E-state index in [0.29, 0.717) is 34.1 Å². The molecule has 1 saturated carbocycles. The smallest absolute Gasteiger partial charge is 0.341 e. The fourth-order valence-corrected chi connectivity index (χ4v) is 6.37. The summed E-state index contributed by atoms with van der Waals surface area (Å²) in [5.74, 6) is 2.36. The zero-order valence-corrected chi connectivity index (χ0v) is 20.3. The second-order valence-electron chi connectivity index (χ2n) is 8.66. The van der Waals surface area contributed by atoms with Gasteiger partial charge in [-0.05, 0) is 55.7 Å². The molecule has 0 aliphatic heterocycles. The highest BCUT2D eigenvalue weighted by atomic mass is 32.2. The molecule has 2 aliphatic rings. The summed E-state index contributed by atoms with van der Waals surface area (Å²) in [6.45, 7) is 2.75. The van der Waals surface area contributed by atoms with Gasteiger partial charge in [-0.2, -0.15) is 0 Å². The van der Waals surface area contributed by atoms with Gasteiger partial charge in [0, 0.05) is 10.8 Å². The Morgan fingerprint density at radius 1 is 1.33 bits per heavy atom. The number of esters is 1. The van der Waals surface area contributed by atoms with Crippen LogP contribution >= 0.6 is 23.1 Å². The largest absolute Gasteiger partial charge is 0.467 e. The van der Waals surface area contributed by atoms with E-state index in [1.165, 1.54) is 35.1 Å². The van der Waals surface area contributed by atoms with Crippen molar-refractivity contribution in [3.63, 3.8) is 0 Å². The highest BCUT2D eigenvalue weighted by Gasteiger charge is 2.31. The van der Waals surface area contributed by atoms with Crippen molar-refractivity contribution in [3.8, 4) is 0 Å².